The maximum absolute atomic E-state index is 14.0. The molecular weight excluding hydrogens is 556 g/mol. The summed E-state index contributed by atoms with van der Waals surface area (Å²) in [5.74, 6) is 1.18. The predicted octanol–water partition coefficient (Wildman–Crippen LogP) is 4.44. The average molecular weight is 593 g/mol. The quantitative estimate of drug-likeness (QED) is 0.246. The number of hydrogen-bond donors (Lipinski definition) is 1. The van der Waals surface area contributed by atoms with Gasteiger partial charge in [0, 0.05) is 18.6 Å². The van der Waals surface area contributed by atoms with Crippen molar-refractivity contribution in [3.8, 4) is 23.3 Å². The van der Waals surface area contributed by atoms with Gasteiger partial charge in [0.2, 0.25) is 0 Å². The largest absolute Gasteiger partial charge is 0.457 e. The Kier molecular flexibility index (Phi) is 7.93. The molecule has 2 aliphatic rings. The van der Waals surface area contributed by atoms with Gasteiger partial charge in [-0.1, -0.05) is 24.6 Å². The molecule has 0 unspecified atom stereocenters. The summed E-state index contributed by atoms with van der Waals surface area (Å²) in [5, 5.41) is 9.97. The van der Waals surface area contributed by atoms with Crippen molar-refractivity contribution >= 4 is 22.9 Å². The molecule has 6 rings (SSSR count). The number of imidazole rings is 1. The molecule has 2 aliphatic heterocycles. The molecule has 1 atom stereocenters. The zero-order valence-electron chi connectivity index (χ0n) is 25.0. The summed E-state index contributed by atoms with van der Waals surface area (Å²) in [6.45, 7) is 6.68. The van der Waals surface area contributed by atoms with Crippen LogP contribution in [0.5, 0.6) is 11.5 Å². The van der Waals surface area contributed by atoms with Gasteiger partial charge in [-0.2, -0.15) is 5.26 Å². The highest BCUT2D eigenvalue weighted by Crippen LogP contribution is 2.30. The van der Waals surface area contributed by atoms with Crippen molar-refractivity contribution in [2.24, 2.45) is 0 Å². The van der Waals surface area contributed by atoms with E-state index in [2.05, 4.69) is 34.8 Å². The number of para-hydroxylation sites is 1. The molecule has 1 amide bonds. The van der Waals surface area contributed by atoms with E-state index in [1.54, 1.807) is 39.8 Å². The number of nitrogens with zero attached hydrogens (tertiary/aromatic N) is 7. The van der Waals surface area contributed by atoms with Crippen molar-refractivity contribution in [3.63, 3.8) is 0 Å². The first-order chi connectivity index (χ1) is 21.3. The molecule has 226 valence electrons. The number of likely N-dealkylation sites (tertiary alicyclic amines) is 2. The van der Waals surface area contributed by atoms with Crippen LogP contribution in [-0.2, 0) is 4.79 Å². The Balaban J connectivity index is 1.28. The van der Waals surface area contributed by atoms with Crippen LogP contribution in [0, 0.1) is 11.3 Å². The average Bonchev–Trinajstić information content (AvgIpc) is 3.64. The molecule has 44 heavy (non-hydrogen) atoms. The van der Waals surface area contributed by atoms with E-state index in [0.717, 1.165) is 25.9 Å². The second kappa shape index (κ2) is 12.0. The van der Waals surface area contributed by atoms with Crippen molar-refractivity contribution in [1.82, 2.24) is 28.9 Å². The minimum absolute atomic E-state index is 0.125. The second-order valence-electron chi connectivity index (χ2n) is 11.9. The Labute approximate surface area is 255 Å². The summed E-state index contributed by atoms with van der Waals surface area (Å²) in [4.78, 5) is 40.2. The van der Waals surface area contributed by atoms with Crippen LogP contribution in [-0.4, -0.2) is 66.5 Å². The third-order valence-electron chi connectivity index (χ3n) is 8.59. The highest BCUT2D eigenvalue weighted by Gasteiger charge is 2.34. The molecule has 11 heteroatoms. The topological polar surface area (TPSA) is 135 Å². The van der Waals surface area contributed by atoms with Crippen LogP contribution in [0.1, 0.15) is 45.6 Å². The summed E-state index contributed by atoms with van der Waals surface area (Å²) in [7, 11) is 0. The smallest absolute Gasteiger partial charge is 0.335 e. The van der Waals surface area contributed by atoms with Gasteiger partial charge in [-0.05, 0) is 88.7 Å². The summed E-state index contributed by atoms with van der Waals surface area (Å²) in [6, 6.07) is 18.4. The maximum atomic E-state index is 14.0. The lowest BCUT2D eigenvalue weighted by Gasteiger charge is -2.39. The number of nitrogen functional groups attached to an aromatic ring is 1. The van der Waals surface area contributed by atoms with Gasteiger partial charge in [0.1, 0.15) is 35.0 Å². The van der Waals surface area contributed by atoms with E-state index in [1.165, 1.54) is 17.3 Å². The van der Waals surface area contributed by atoms with Crippen LogP contribution in [0.4, 0.5) is 5.82 Å². The van der Waals surface area contributed by atoms with Crippen molar-refractivity contribution < 1.29 is 9.53 Å². The van der Waals surface area contributed by atoms with Crippen molar-refractivity contribution in [3.05, 3.63) is 83.1 Å². The van der Waals surface area contributed by atoms with Gasteiger partial charge in [-0.15, -0.1) is 0 Å². The number of rotatable bonds is 7. The van der Waals surface area contributed by atoms with E-state index >= 15 is 0 Å². The molecule has 0 aliphatic carbocycles. The number of nitriles is 1. The fourth-order valence-electron chi connectivity index (χ4n) is 6.29. The zero-order valence-corrected chi connectivity index (χ0v) is 25.0. The lowest BCUT2D eigenvalue weighted by Crippen LogP contribution is -2.46. The number of nitrogens with two attached hydrogens (primary N) is 1. The Hall–Kier alpha value is -4.95. The molecule has 0 radical (unpaired) electrons. The van der Waals surface area contributed by atoms with Gasteiger partial charge in [-0.25, -0.2) is 14.8 Å². The lowest BCUT2D eigenvalue weighted by molar-refractivity contribution is -0.125. The van der Waals surface area contributed by atoms with Crippen LogP contribution >= 0.6 is 0 Å². The van der Waals surface area contributed by atoms with Gasteiger partial charge in [0.25, 0.3) is 5.91 Å². The Bertz CT molecular complexity index is 1800. The number of ether oxygens (including phenoxy) is 1. The first kappa shape index (κ1) is 29.1. The standard InChI is InChI=1S/C33H36N8O3/c1-33(2,39-16-7-4-8-17-39)19-23(20-34)31(42)38-18-15-25(21-38)41-30-28(29(35)36-22-37-30)40(32(41)43)24-11-13-27(14-12-24)44-26-9-5-3-6-10-26/h3,5-6,9-14,19,22,25H,4,7-8,15-18,21H2,1-2H3,(H2,35,36,37)/t25-/m0/s1. The van der Waals surface area contributed by atoms with Crippen LogP contribution in [0.15, 0.2) is 77.4 Å². The molecule has 2 aromatic carbocycles. The molecule has 0 spiro atoms. The van der Waals surface area contributed by atoms with E-state index in [4.69, 9.17) is 10.5 Å². The highest BCUT2D eigenvalue weighted by atomic mass is 16.5. The number of carbonyl (C=O) groups excluding carboxylic acids is 1. The minimum Gasteiger partial charge on any atom is -0.457 e. The molecule has 0 saturated carbocycles. The van der Waals surface area contributed by atoms with Crippen LogP contribution in [0.2, 0.25) is 0 Å². The number of piperidine rings is 1. The third-order valence-corrected chi connectivity index (χ3v) is 8.59. The molecule has 0 bridgehead atoms. The molecule has 11 nitrogen and oxygen atoms in total. The van der Waals surface area contributed by atoms with Crippen LogP contribution in [0.3, 0.4) is 0 Å². The molecule has 2 N–H and O–H groups in total. The number of anilines is 1. The first-order valence-corrected chi connectivity index (χ1v) is 15.0. The Morgan fingerprint density at radius 1 is 1.02 bits per heavy atom. The van der Waals surface area contributed by atoms with Gasteiger partial charge in [0.15, 0.2) is 11.5 Å². The van der Waals surface area contributed by atoms with Crippen LogP contribution < -0.4 is 16.2 Å². The van der Waals surface area contributed by atoms with Crippen molar-refractivity contribution in [2.45, 2.75) is 51.1 Å². The SMILES string of the molecule is CC(C)(C=C(C#N)C(=O)N1CC[C@H](n2c(=O)n(-c3ccc(Oc4ccccc4)cc3)c3c(N)ncnc32)C1)N1CCCCC1. The third kappa shape index (κ3) is 5.56. The molecule has 2 saturated heterocycles. The minimum atomic E-state index is -0.416. The first-order valence-electron chi connectivity index (χ1n) is 15.0. The monoisotopic (exact) mass is 592 g/mol. The fourth-order valence-corrected chi connectivity index (χ4v) is 6.29. The number of hydrogen-bond acceptors (Lipinski definition) is 8. The molecule has 2 aromatic heterocycles. The maximum Gasteiger partial charge on any atom is 0.335 e. The molecule has 4 heterocycles. The van der Waals surface area contributed by atoms with Gasteiger partial charge in [-0.3, -0.25) is 18.8 Å². The van der Waals surface area contributed by atoms with E-state index in [1.807, 2.05) is 30.3 Å². The normalized spacial score (nSPS) is 18.0. The summed E-state index contributed by atoms with van der Waals surface area (Å²) < 4.78 is 9.02. The van der Waals surface area contributed by atoms with Crippen LogP contribution in [0.25, 0.3) is 16.9 Å². The molecule has 2 fully saturated rings. The molecular formula is C33H36N8O3. The number of fused-ring (bicyclic) bond motifs is 1. The Morgan fingerprint density at radius 2 is 1.73 bits per heavy atom. The van der Waals surface area contributed by atoms with E-state index in [0.29, 0.717) is 41.3 Å². The number of aromatic nitrogens is 4. The van der Waals surface area contributed by atoms with Gasteiger partial charge in [0.05, 0.1) is 11.7 Å². The van der Waals surface area contributed by atoms with E-state index < -0.39 is 5.54 Å². The van der Waals surface area contributed by atoms with E-state index in [-0.39, 0.29) is 35.6 Å². The van der Waals surface area contributed by atoms with Crippen molar-refractivity contribution in [2.75, 3.05) is 31.9 Å². The summed E-state index contributed by atoms with van der Waals surface area (Å²) >= 11 is 0. The highest BCUT2D eigenvalue weighted by molar-refractivity contribution is 5.97. The van der Waals surface area contributed by atoms with Crippen molar-refractivity contribution in [1.29, 1.82) is 5.26 Å². The lowest BCUT2D eigenvalue weighted by atomic mass is 9.95. The second-order valence-corrected chi connectivity index (χ2v) is 11.9. The predicted molar refractivity (Wildman–Crippen MR) is 167 cm³/mol. The number of amides is 1. The molecule has 4 aromatic rings. The Morgan fingerprint density at radius 3 is 2.43 bits per heavy atom. The number of carbonyl (C=O) groups is 1. The zero-order chi connectivity index (χ0) is 30.8. The summed E-state index contributed by atoms with van der Waals surface area (Å²) in [6.07, 6.45) is 7.10. The van der Waals surface area contributed by atoms with Gasteiger partial charge >= 0.3 is 5.69 Å². The van der Waals surface area contributed by atoms with E-state index in [9.17, 15) is 14.9 Å². The fraction of sp³-hybridized carbons (Fsp3) is 0.364. The summed E-state index contributed by atoms with van der Waals surface area (Å²) in [5.41, 5.74) is 7.07. The van der Waals surface area contributed by atoms with Gasteiger partial charge < -0.3 is 15.4 Å². The number of benzene rings is 2.